The number of ketones is 2. The van der Waals surface area contributed by atoms with Crippen molar-refractivity contribution in [1.29, 1.82) is 0 Å². The van der Waals surface area contributed by atoms with Crippen molar-refractivity contribution in [2.24, 2.45) is 10.8 Å². The number of allylic oxidation sites excluding steroid dienone is 4. The van der Waals surface area contributed by atoms with Gasteiger partial charge in [0.1, 0.15) is 13.2 Å². The molecule has 1 heterocycles. The molecule has 0 radical (unpaired) electrons. The van der Waals surface area contributed by atoms with Crippen molar-refractivity contribution in [2.45, 2.75) is 65.9 Å². The first-order valence-electron chi connectivity index (χ1n) is 14.4. The van der Waals surface area contributed by atoms with Gasteiger partial charge in [-0.2, -0.15) is 0 Å². The number of hydrogen-bond acceptors (Lipinski definition) is 8. The molecule has 44 heavy (non-hydrogen) atoms. The van der Waals surface area contributed by atoms with Gasteiger partial charge in [0.15, 0.2) is 23.1 Å². The molecule has 0 atom stereocenters. The van der Waals surface area contributed by atoms with Gasteiger partial charge in [-0.1, -0.05) is 39.3 Å². The number of halogens is 1. The number of nitro benzene ring substituents is 1. The summed E-state index contributed by atoms with van der Waals surface area (Å²) in [5.74, 6) is -1.52. The Kier molecular flexibility index (Phi) is 8.09. The normalized spacial score (nSPS) is 19.5. The highest BCUT2D eigenvalue weighted by Gasteiger charge is 2.49. The van der Waals surface area contributed by atoms with E-state index in [0.717, 1.165) is 0 Å². The Hall–Kier alpha value is -4.18. The first kappa shape index (κ1) is 31.3. The summed E-state index contributed by atoms with van der Waals surface area (Å²) < 4.78 is 11.7. The lowest BCUT2D eigenvalue weighted by Crippen LogP contribution is -2.45. The number of methoxy groups -OCH3 is 1. The predicted molar refractivity (Wildman–Crippen MR) is 163 cm³/mol. The van der Waals surface area contributed by atoms with E-state index < -0.39 is 27.6 Å². The van der Waals surface area contributed by atoms with Gasteiger partial charge < -0.3 is 19.5 Å². The number of non-ortho nitro benzene ring substituents is 1. The van der Waals surface area contributed by atoms with E-state index in [4.69, 9.17) is 21.1 Å². The second-order valence-corrected chi connectivity index (χ2v) is 13.7. The van der Waals surface area contributed by atoms with E-state index in [0.29, 0.717) is 52.3 Å². The van der Waals surface area contributed by atoms with Gasteiger partial charge in [-0.15, -0.1) is 0 Å². The Balaban J connectivity index is 1.62. The number of carbonyl (C=O) groups is 3. The highest BCUT2D eigenvalue weighted by atomic mass is 35.5. The lowest BCUT2D eigenvalue weighted by Gasteiger charge is -2.48. The van der Waals surface area contributed by atoms with Crippen LogP contribution in [-0.2, 0) is 21.0 Å². The number of nitro groups is 1. The van der Waals surface area contributed by atoms with Gasteiger partial charge in [-0.25, -0.2) is 0 Å². The van der Waals surface area contributed by atoms with Crippen LogP contribution in [0.25, 0.3) is 0 Å². The summed E-state index contributed by atoms with van der Waals surface area (Å²) in [6, 6.07) is 9.34. The number of carboxylic acid groups (broad SMARTS) is 1. The molecule has 5 rings (SSSR count). The Morgan fingerprint density at radius 2 is 1.55 bits per heavy atom. The smallest absolute Gasteiger partial charge is 0.323 e. The van der Waals surface area contributed by atoms with Crippen molar-refractivity contribution in [3.05, 3.63) is 85.2 Å². The third-order valence-corrected chi connectivity index (χ3v) is 8.71. The third kappa shape index (κ3) is 5.95. The number of carboxylic acids is 1. The van der Waals surface area contributed by atoms with Crippen molar-refractivity contribution in [1.82, 2.24) is 4.90 Å². The molecule has 0 saturated carbocycles. The van der Waals surface area contributed by atoms with Crippen LogP contribution in [0.1, 0.15) is 70.4 Å². The Bertz CT molecular complexity index is 1580. The first-order chi connectivity index (χ1) is 20.6. The van der Waals surface area contributed by atoms with Crippen LogP contribution in [0.4, 0.5) is 5.69 Å². The lowest BCUT2D eigenvalue weighted by molar-refractivity contribution is -0.384. The number of carbonyl (C=O) groups excluding carboxylic acids is 2. The van der Waals surface area contributed by atoms with Gasteiger partial charge in [0.05, 0.1) is 17.1 Å². The number of aliphatic carboxylic acids is 1. The molecule has 0 aromatic heterocycles. The molecule has 2 aromatic carbocycles. The largest absolute Gasteiger partial charge is 0.493 e. The van der Waals surface area contributed by atoms with Gasteiger partial charge in [-0.05, 0) is 59.1 Å². The molecule has 2 aromatic rings. The zero-order valence-corrected chi connectivity index (χ0v) is 26.1. The van der Waals surface area contributed by atoms with Crippen LogP contribution in [0.15, 0.2) is 58.9 Å². The molecule has 0 amide bonds. The van der Waals surface area contributed by atoms with Crippen LogP contribution in [0.2, 0.25) is 5.02 Å². The van der Waals surface area contributed by atoms with Crippen LogP contribution in [0, 0.1) is 20.9 Å². The fraction of sp³-hybridized carbons (Fsp3) is 0.424. The van der Waals surface area contributed by atoms with E-state index in [-0.39, 0.29) is 54.0 Å². The van der Waals surface area contributed by atoms with E-state index in [9.17, 15) is 29.6 Å². The zero-order valence-electron chi connectivity index (χ0n) is 25.4. The van der Waals surface area contributed by atoms with Gasteiger partial charge in [0.2, 0.25) is 0 Å². The van der Waals surface area contributed by atoms with E-state index in [1.54, 1.807) is 29.2 Å². The monoisotopic (exact) mass is 622 g/mol. The van der Waals surface area contributed by atoms with Crippen LogP contribution >= 0.6 is 11.6 Å². The van der Waals surface area contributed by atoms with Gasteiger partial charge in [0.25, 0.3) is 5.69 Å². The number of nitrogens with zero attached hydrogens (tertiary/aromatic N) is 2. The SMILES string of the molecule is COc1cc(C2C3=C(CC(C)(C)CC3=O)N(CC(=O)O)C3=C2C(=O)CC(C)(C)C3)cc(Cl)c1OCc1ccc([N+](=O)[O-])cc1. The highest BCUT2D eigenvalue weighted by Crippen LogP contribution is 2.55. The summed E-state index contributed by atoms with van der Waals surface area (Å²) in [5.41, 5.74) is 2.55. The van der Waals surface area contributed by atoms with E-state index in [1.807, 2.05) is 27.7 Å². The highest BCUT2D eigenvalue weighted by molar-refractivity contribution is 6.32. The van der Waals surface area contributed by atoms with Crippen LogP contribution < -0.4 is 9.47 Å². The molecular formula is C33H35ClN2O8. The molecule has 1 N–H and O–H groups in total. The third-order valence-electron chi connectivity index (χ3n) is 8.43. The number of Topliss-reactive ketones (excluding diaryl/α,β-unsaturated/α-hetero) is 2. The molecule has 1 aliphatic heterocycles. The van der Waals surface area contributed by atoms with Crippen molar-refractivity contribution >= 4 is 34.8 Å². The number of hydrogen-bond donors (Lipinski definition) is 1. The maximum Gasteiger partial charge on any atom is 0.323 e. The fourth-order valence-electron chi connectivity index (χ4n) is 6.62. The lowest BCUT2D eigenvalue weighted by atomic mass is 9.63. The number of rotatable bonds is 8. The van der Waals surface area contributed by atoms with Crippen LogP contribution in [0.5, 0.6) is 11.5 Å². The second-order valence-electron chi connectivity index (χ2n) is 13.3. The summed E-state index contributed by atoms with van der Waals surface area (Å²) in [5, 5.41) is 21.1. The molecular weight excluding hydrogens is 588 g/mol. The first-order valence-corrected chi connectivity index (χ1v) is 14.7. The summed E-state index contributed by atoms with van der Waals surface area (Å²) in [4.78, 5) is 52.1. The van der Waals surface area contributed by atoms with E-state index >= 15 is 0 Å². The van der Waals surface area contributed by atoms with Crippen molar-refractivity contribution in [3.63, 3.8) is 0 Å². The van der Waals surface area contributed by atoms with Crippen molar-refractivity contribution < 1.29 is 33.9 Å². The fourth-order valence-corrected chi connectivity index (χ4v) is 6.90. The molecule has 0 bridgehead atoms. The van der Waals surface area contributed by atoms with E-state index in [1.165, 1.54) is 19.2 Å². The minimum absolute atomic E-state index is 0.0354. The van der Waals surface area contributed by atoms with Crippen LogP contribution in [0.3, 0.4) is 0 Å². The Labute approximate surface area is 260 Å². The minimum Gasteiger partial charge on any atom is -0.493 e. The molecule has 0 saturated heterocycles. The second kappa shape index (κ2) is 11.4. The van der Waals surface area contributed by atoms with Gasteiger partial charge in [-0.3, -0.25) is 24.5 Å². The average molecular weight is 623 g/mol. The topological polar surface area (TPSA) is 136 Å². The zero-order chi connectivity index (χ0) is 32.1. The number of benzene rings is 2. The summed E-state index contributed by atoms with van der Waals surface area (Å²) in [6.45, 7) is 7.65. The number of ether oxygens (including phenoxy) is 2. The summed E-state index contributed by atoms with van der Waals surface area (Å²) in [7, 11) is 1.46. The maximum absolute atomic E-state index is 13.9. The summed E-state index contributed by atoms with van der Waals surface area (Å²) in [6.07, 6.45) is 1.47. The summed E-state index contributed by atoms with van der Waals surface area (Å²) >= 11 is 6.79. The predicted octanol–water partition coefficient (Wildman–Crippen LogP) is 6.61. The van der Waals surface area contributed by atoms with Gasteiger partial charge >= 0.3 is 5.97 Å². The van der Waals surface area contributed by atoms with Crippen LogP contribution in [-0.4, -0.2) is 46.1 Å². The van der Waals surface area contributed by atoms with Crippen molar-refractivity contribution in [2.75, 3.05) is 13.7 Å². The molecule has 0 fully saturated rings. The van der Waals surface area contributed by atoms with Crippen molar-refractivity contribution in [3.8, 4) is 11.5 Å². The molecule has 2 aliphatic carbocycles. The molecule has 10 nitrogen and oxygen atoms in total. The van der Waals surface area contributed by atoms with E-state index in [2.05, 4.69) is 0 Å². The molecule has 0 unspecified atom stereocenters. The Morgan fingerprint density at radius 3 is 2.02 bits per heavy atom. The maximum atomic E-state index is 13.9. The minimum atomic E-state index is -1.05. The average Bonchev–Trinajstić information content (AvgIpc) is 2.91. The standard InChI is InChI=1S/C33H35ClN2O8/c1-32(2)12-22-29(24(37)14-32)28(30-23(35(22)16-27(39)40)13-33(3,4)15-25(30)38)19-10-21(34)31(26(11-19)43-5)44-17-18-6-8-20(9-7-18)36(41)42/h6-11,28H,12-17H2,1-5H3,(H,39,40). The van der Waals surface area contributed by atoms with Gasteiger partial charge in [0, 0.05) is 53.4 Å². The molecule has 232 valence electrons. The Morgan fingerprint density at radius 1 is 1.00 bits per heavy atom. The molecule has 3 aliphatic rings. The quantitative estimate of drug-likeness (QED) is 0.255. The molecule has 0 spiro atoms. The molecule has 11 heteroatoms.